The van der Waals surface area contributed by atoms with E-state index < -0.39 is 18.5 Å². The van der Waals surface area contributed by atoms with Crippen LogP contribution in [-0.4, -0.2) is 38.0 Å². The molecular formula is C15H18N2O4. The Hall–Kier alpha value is -2.63. The number of benzene rings is 1. The molecule has 1 aromatic carbocycles. The lowest BCUT2D eigenvalue weighted by Crippen LogP contribution is -2.37. The lowest BCUT2D eigenvalue weighted by atomic mass is 10.1. The number of carbonyl (C=O) groups is 3. The molecule has 0 radical (unpaired) electrons. The zero-order valence-electron chi connectivity index (χ0n) is 12.0. The number of hydrogen-bond acceptors (Lipinski definition) is 4. The Labute approximate surface area is 123 Å². The third-order valence-corrected chi connectivity index (χ3v) is 2.52. The molecule has 0 saturated heterocycles. The van der Waals surface area contributed by atoms with E-state index in [1.54, 1.807) is 6.08 Å². The van der Waals surface area contributed by atoms with E-state index in [1.807, 2.05) is 31.2 Å². The van der Waals surface area contributed by atoms with E-state index in [4.69, 9.17) is 4.74 Å². The Kier molecular flexibility index (Phi) is 6.67. The van der Waals surface area contributed by atoms with Gasteiger partial charge in [-0.15, -0.1) is 0 Å². The van der Waals surface area contributed by atoms with Crippen molar-refractivity contribution in [2.45, 2.75) is 6.92 Å². The molecule has 112 valence electrons. The van der Waals surface area contributed by atoms with Crippen LogP contribution in [0.3, 0.4) is 0 Å². The number of rotatable bonds is 6. The van der Waals surface area contributed by atoms with Crippen LogP contribution in [0.15, 0.2) is 30.3 Å². The van der Waals surface area contributed by atoms with Gasteiger partial charge in [-0.25, -0.2) is 4.79 Å². The van der Waals surface area contributed by atoms with Gasteiger partial charge in [0.1, 0.15) is 0 Å². The molecule has 6 nitrogen and oxygen atoms in total. The first-order valence-corrected chi connectivity index (χ1v) is 6.40. The quantitative estimate of drug-likeness (QED) is 0.587. The number of nitrogens with one attached hydrogen (secondary N) is 2. The first-order chi connectivity index (χ1) is 10.0. The van der Waals surface area contributed by atoms with Crippen molar-refractivity contribution in [3.8, 4) is 0 Å². The molecule has 1 aromatic rings. The summed E-state index contributed by atoms with van der Waals surface area (Å²) in [6, 6.07) is 7.60. The highest BCUT2D eigenvalue weighted by Crippen LogP contribution is 2.05. The van der Waals surface area contributed by atoms with Gasteiger partial charge in [0.25, 0.3) is 5.91 Å². The van der Waals surface area contributed by atoms with Gasteiger partial charge in [-0.3, -0.25) is 9.59 Å². The number of esters is 1. The number of hydrogen-bond donors (Lipinski definition) is 2. The highest BCUT2D eigenvalue weighted by atomic mass is 16.5. The fourth-order valence-corrected chi connectivity index (χ4v) is 1.44. The maximum absolute atomic E-state index is 11.4. The molecule has 0 aliphatic rings. The van der Waals surface area contributed by atoms with Crippen LogP contribution in [0.25, 0.3) is 6.08 Å². The maximum atomic E-state index is 11.4. The van der Waals surface area contributed by atoms with Crippen molar-refractivity contribution in [2.75, 3.05) is 20.2 Å². The van der Waals surface area contributed by atoms with Crippen LogP contribution in [0.2, 0.25) is 0 Å². The summed E-state index contributed by atoms with van der Waals surface area (Å²) >= 11 is 0. The standard InChI is InChI=1S/C15H18N2O4/c1-11-4-3-5-12(8-11)6-7-15(20)21-10-14(19)17-9-13(18)16-2/h3-8H,9-10H2,1-2H3,(H,16,18)(H,17,19)/b7-6+. The van der Waals surface area contributed by atoms with Crippen molar-refractivity contribution in [1.29, 1.82) is 0 Å². The van der Waals surface area contributed by atoms with Crippen LogP contribution in [0.5, 0.6) is 0 Å². The summed E-state index contributed by atoms with van der Waals surface area (Å²) in [5.74, 6) is -1.48. The minimum atomic E-state index is -0.619. The van der Waals surface area contributed by atoms with Crippen molar-refractivity contribution in [1.82, 2.24) is 10.6 Å². The van der Waals surface area contributed by atoms with Gasteiger partial charge in [0.2, 0.25) is 5.91 Å². The van der Waals surface area contributed by atoms with Crippen LogP contribution >= 0.6 is 0 Å². The third-order valence-electron chi connectivity index (χ3n) is 2.52. The Morgan fingerprint density at radius 3 is 2.67 bits per heavy atom. The van der Waals surface area contributed by atoms with Gasteiger partial charge in [0.05, 0.1) is 6.54 Å². The highest BCUT2D eigenvalue weighted by molar-refractivity contribution is 5.90. The smallest absolute Gasteiger partial charge is 0.331 e. The van der Waals surface area contributed by atoms with E-state index in [2.05, 4.69) is 10.6 Å². The van der Waals surface area contributed by atoms with E-state index in [0.29, 0.717) is 0 Å². The number of ether oxygens (including phenoxy) is 1. The van der Waals surface area contributed by atoms with E-state index in [0.717, 1.165) is 11.1 Å². The normalized spacial score (nSPS) is 10.2. The molecule has 0 saturated carbocycles. The summed E-state index contributed by atoms with van der Waals surface area (Å²) < 4.78 is 4.75. The van der Waals surface area contributed by atoms with E-state index in [9.17, 15) is 14.4 Å². The van der Waals surface area contributed by atoms with Gasteiger partial charge < -0.3 is 15.4 Å². The lowest BCUT2D eigenvalue weighted by Gasteiger charge is -2.04. The third kappa shape index (κ3) is 6.91. The fourth-order valence-electron chi connectivity index (χ4n) is 1.44. The molecule has 0 aromatic heterocycles. The molecule has 0 unspecified atom stereocenters. The minimum Gasteiger partial charge on any atom is -0.452 e. The summed E-state index contributed by atoms with van der Waals surface area (Å²) in [7, 11) is 1.46. The molecule has 1 rings (SSSR count). The molecular weight excluding hydrogens is 272 g/mol. The number of aryl methyl sites for hydroxylation is 1. The lowest BCUT2D eigenvalue weighted by molar-refractivity contribution is -0.143. The van der Waals surface area contributed by atoms with E-state index in [1.165, 1.54) is 13.1 Å². The molecule has 0 fully saturated rings. The summed E-state index contributed by atoms with van der Waals surface area (Å²) in [6.45, 7) is 1.38. The predicted octanol–water partition coefficient (Wildman–Crippen LogP) is 0.414. The monoisotopic (exact) mass is 290 g/mol. The van der Waals surface area contributed by atoms with Crippen molar-refractivity contribution >= 4 is 23.9 Å². The molecule has 0 heterocycles. The fraction of sp³-hybridized carbons (Fsp3) is 0.267. The second kappa shape index (κ2) is 8.52. The van der Waals surface area contributed by atoms with Gasteiger partial charge >= 0.3 is 5.97 Å². The maximum Gasteiger partial charge on any atom is 0.331 e. The van der Waals surface area contributed by atoms with Crippen molar-refractivity contribution in [2.24, 2.45) is 0 Å². The van der Waals surface area contributed by atoms with Crippen LogP contribution in [0.4, 0.5) is 0 Å². The summed E-state index contributed by atoms with van der Waals surface area (Å²) in [4.78, 5) is 33.6. The Morgan fingerprint density at radius 2 is 2.00 bits per heavy atom. The number of amides is 2. The van der Waals surface area contributed by atoms with Gasteiger partial charge in [-0.05, 0) is 18.6 Å². The SMILES string of the molecule is CNC(=O)CNC(=O)COC(=O)/C=C/c1cccc(C)c1. The molecule has 0 atom stereocenters. The minimum absolute atomic E-state index is 0.147. The predicted molar refractivity (Wildman–Crippen MR) is 78.2 cm³/mol. The molecule has 21 heavy (non-hydrogen) atoms. The highest BCUT2D eigenvalue weighted by Gasteiger charge is 2.06. The summed E-state index contributed by atoms with van der Waals surface area (Å²) in [6.07, 6.45) is 2.86. The van der Waals surface area contributed by atoms with E-state index >= 15 is 0 Å². The molecule has 0 aliphatic heterocycles. The zero-order valence-corrected chi connectivity index (χ0v) is 12.0. The van der Waals surface area contributed by atoms with E-state index in [-0.39, 0.29) is 12.5 Å². The molecule has 0 bridgehead atoms. The second-order valence-electron chi connectivity index (χ2n) is 4.31. The first kappa shape index (κ1) is 16.4. The van der Waals surface area contributed by atoms with Gasteiger partial charge in [-0.2, -0.15) is 0 Å². The summed E-state index contributed by atoms with van der Waals surface area (Å²) in [5.41, 5.74) is 1.95. The van der Waals surface area contributed by atoms with Crippen LogP contribution < -0.4 is 10.6 Å². The summed E-state index contributed by atoms with van der Waals surface area (Å²) in [5, 5.41) is 4.67. The average Bonchev–Trinajstić information content (AvgIpc) is 2.48. The van der Waals surface area contributed by atoms with Crippen LogP contribution in [0, 0.1) is 6.92 Å². The zero-order chi connectivity index (χ0) is 15.7. The molecule has 6 heteroatoms. The average molecular weight is 290 g/mol. The number of carbonyl (C=O) groups excluding carboxylic acids is 3. The topological polar surface area (TPSA) is 84.5 Å². The molecule has 0 aliphatic carbocycles. The van der Waals surface area contributed by atoms with Gasteiger partial charge in [0.15, 0.2) is 6.61 Å². The van der Waals surface area contributed by atoms with Crippen LogP contribution in [-0.2, 0) is 19.1 Å². The Morgan fingerprint density at radius 1 is 1.24 bits per heavy atom. The Bertz CT molecular complexity index is 552. The van der Waals surface area contributed by atoms with Crippen molar-refractivity contribution in [3.63, 3.8) is 0 Å². The van der Waals surface area contributed by atoms with Gasteiger partial charge in [0, 0.05) is 13.1 Å². The Balaban J connectivity index is 2.34. The van der Waals surface area contributed by atoms with Crippen molar-refractivity contribution < 1.29 is 19.1 Å². The number of likely N-dealkylation sites (N-methyl/N-ethyl adjacent to an activating group) is 1. The van der Waals surface area contributed by atoms with Gasteiger partial charge in [-0.1, -0.05) is 29.8 Å². The van der Waals surface area contributed by atoms with Crippen molar-refractivity contribution in [3.05, 3.63) is 41.5 Å². The molecule has 2 N–H and O–H groups in total. The molecule has 0 spiro atoms. The van der Waals surface area contributed by atoms with Crippen LogP contribution in [0.1, 0.15) is 11.1 Å². The first-order valence-electron chi connectivity index (χ1n) is 6.40. The second-order valence-corrected chi connectivity index (χ2v) is 4.31. The largest absolute Gasteiger partial charge is 0.452 e. The molecule has 2 amide bonds.